The van der Waals surface area contributed by atoms with Crippen LogP contribution in [-0.4, -0.2) is 24.4 Å². The van der Waals surface area contributed by atoms with Crippen LogP contribution in [0.25, 0.3) is 0 Å². The molecule has 0 fully saturated rings. The second-order valence-corrected chi connectivity index (χ2v) is 4.14. The first kappa shape index (κ1) is 14.0. The van der Waals surface area contributed by atoms with Crippen molar-refractivity contribution in [1.29, 1.82) is 0 Å². The van der Waals surface area contributed by atoms with E-state index in [1.807, 2.05) is 0 Å². The van der Waals surface area contributed by atoms with E-state index in [1.54, 1.807) is 13.8 Å². The van der Waals surface area contributed by atoms with Crippen LogP contribution >= 0.6 is 0 Å². The van der Waals surface area contributed by atoms with Crippen LogP contribution in [-0.2, 0) is 4.79 Å². The van der Waals surface area contributed by atoms with Crippen LogP contribution in [0.1, 0.15) is 24.2 Å². The third-order valence-corrected chi connectivity index (χ3v) is 2.10. The van der Waals surface area contributed by atoms with E-state index in [-0.39, 0.29) is 29.7 Å². The lowest BCUT2D eigenvalue weighted by Gasteiger charge is -2.09. The van der Waals surface area contributed by atoms with Gasteiger partial charge in [0, 0.05) is 11.7 Å². The number of nitrogens with one attached hydrogen (secondary N) is 2. The van der Waals surface area contributed by atoms with Gasteiger partial charge >= 0.3 is 0 Å². The van der Waals surface area contributed by atoms with E-state index in [2.05, 4.69) is 10.6 Å². The van der Waals surface area contributed by atoms with Crippen LogP contribution in [0.2, 0.25) is 0 Å². The van der Waals surface area contributed by atoms with E-state index in [9.17, 15) is 14.0 Å². The fourth-order valence-electron chi connectivity index (χ4n) is 1.34. The number of carbonyl (C=O) groups is 2. The number of nitrogen functional groups attached to an aromatic ring is 1. The van der Waals surface area contributed by atoms with Crippen molar-refractivity contribution < 1.29 is 14.0 Å². The van der Waals surface area contributed by atoms with Crippen LogP contribution < -0.4 is 16.4 Å². The normalized spacial score (nSPS) is 10.2. The molecule has 0 unspecified atom stereocenters. The van der Waals surface area contributed by atoms with Gasteiger partial charge in [-0.05, 0) is 32.0 Å². The number of rotatable bonds is 4. The van der Waals surface area contributed by atoms with Gasteiger partial charge in [0.25, 0.3) is 5.91 Å². The number of halogens is 1. The van der Waals surface area contributed by atoms with Crippen molar-refractivity contribution in [2.24, 2.45) is 0 Å². The first-order chi connectivity index (χ1) is 8.40. The summed E-state index contributed by atoms with van der Waals surface area (Å²) in [4.78, 5) is 22.9. The molecule has 1 aromatic rings. The van der Waals surface area contributed by atoms with Crippen molar-refractivity contribution in [3.63, 3.8) is 0 Å². The van der Waals surface area contributed by atoms with E-state index in [0.29, 0.717) is 0 Å². The highest BCUT2D eigenvalue weighted by molar-refractivity contribution is 5.96. The fraction of sp³-hybridized carbons (Fsp3) is 0.333. The second-order valence-electron chi connectivity index (χ2n) is 4.14. The predicted octanol–water partition coefficient (Wildman–Crippen LogP) is 0.662. The predicted molar refractivity (Wildman–Crippen MR) is 66.4 cm³/mol. The largest absolute Gasteiger partial charge is 0.399 e. The molecule has 0 bridgehead atoms. The number of anilines is 1. The maximum Gasteiger partial charge on any atom is 0.254 e. The zero-order valence-electron chi connectivity index (χ0n) is 10.3. The summed E-state index contributed by atoms with van der Waals surface area (Å²) >= 11 is 0. The van der Waals surface area contributed by atoms with E-state index in [0.717, 1.165) is 6.07 Å². The van der Waals surface area contributed by atoms with Crippen LogP contribution in [0, 0.1) is 5.82 Å². The van der Waals surface area contributed by atoms with Gasteiger partial charge < -0.3 is 16.4 Å². The Morgan fingerprint density at radius 2 is 2.06 bits per heavy atom. The molecule has 0 aliphatic carbocycles. The van der Waals surface area contributed by atoms with E-state index in [4.69, 9.17) is 5.73 Å². The molecule has 0 atom stereocenters. The Morgan fingerprint density at radius 3 is 2.61 bits per heavy atom. The average Bonchev–Trinajstić information content (AvgIpc) is 2.25. The molecule has 0 radical (unpaired) electrons. The summed E-state index contributed by atoms with van der Waals surface area (Å²) in [6.07, 6.45) is 0. The van der Waals surface area contributed by atoms with Crippen LogP contribution in [0.3, 0.4) is 0 Å². The Bertz CT molecular complexity index is 461. The van der Waals surface area contributed by atoms with Gasteiger partial charge in [0.05, 0.1) is 12.1 Å². The summed E-state index contributed by atoms with van der Waals surface area (Å²) in [7, 11) is 0. The van der Waals surface area contributed by atoms with Crippen LogP contribution in [0.5, 0.6) is 0 Å². The zero-order chi connectivity index (χ0) is 13.7. The number of nitrogens with two attached hydrogens (primary N) is 1. The first-order valence-electron chi connectivity index (χ1n) is 5.52. The molecule has 0 heterocycles. The van der Waals surface area contributed by atoms with Crippen molar-refractivity contribution in [3.8, 4) is 0 Å². The molecule has 5 nitrogen and oxygen atoms in total. The Balaban J connectivity index is 2.58. The zero-order valence-corrected chi connectivity index (χ0v) is 10.3. The first-order valence-corrected chi connectivity index (χ1v) is 5.52. The lowest BCUT2D eigenvalue weighted by atomic mass is 10.2. The Morgan fingerprint density at radius 1 is 1.39 bits per heavy atom. The highest BCUT2D eigenvalue weighted by Gasteiger charge is 2.13. The summed E-state index contributed by atoms with van der Waals surface area (Å²) in [5.41, 5.74) is 5.47. The molecule has 4 N–H and O–H groups in total. The highest BCUT2D eigenvalue weighted by Crippen LogP contribution is 2.11. The van der Waals surface area contributed by atoms with Crippen LogP contribution in [0.15, 0.2) is 18.2 Å². The van der Waals surface area contributed by atoms with E-state index < -0.39 is 11.7 Å². The third kappa shape index (κ3) is 4.04. The minimum atomic E-state index is -0.711. The SMILES string of the molecule is CC(C)NC(=O)CNC(=O)c1ccc(N)cc1F. The number of amides is 2. The van der Waals surface area contributed by atoms with Gasteiger partial charge in [0.1, 0.15) is 5.82 Å². The lowest BCUT2D eigenvalue weighted by molar-refractivity contribution is -0.120. The molecule has 0 spiro atoms. The average molecular weight is 253 g/mol. The molecule has 0 aliphatic heterocycles. The van der Waals surface area contributed by atoms with Crippen molar-refractivity contribution in [2.75, 3.05) is 12.3 Å². The van der Waals surface area contributed by atoms with Crippen molar-refractivity contribution in [1.82, 2.24) is 10.6 Å². The van der Waals surface area contributed by atoms with Gasteiger partial charge in [-0.1, -0.05) is 0 Å². The van der Waals surface area contributed by atoms with Gasteiger partial charge in [-0.25, -0.2) is 4.39 Å². The molecule has 1 aromatic carbocycles. The number of carbonyl (C=O) groups excluding carboxylic acids is 2. The molecule has 2 amide bonds. The molecule has 0 aliphatic rings. The summed E-state index contributed by atoms with van der Waals surface area (Å²) in [6, 6.07) is 3.75. The smallest absolute Gasteiger partial charge is 0.254 e. The molecule has 0 saturated heterocycles. The topological polar surface area (TPSA) is 84.2 Å². The highest BCUT2D eigenvalue weighted by atomic mass is 19.1. The van der Waals surface area contributed by atoms with E-state index >= 15 is 0 Å². The Labute approximate surface area is 105 Å². The molecule has 0 saturated carbocycles. The van der Waals surface area contributed by atoms with Crippen molar-refractivity contribution in [3.05, 3.63) is 29.6 Å². The number of benzene rings is 1. The third-order valence-electron chi connectivity index (χ3n) is 2.10. The summed E-state index contributed by atoms with van der Waals surface area (Å²) in [6.45, 7) is 3.42. The molecular formula is C12H16FN3O2. The minimum Gasteiger partial charge on any atom is -0.399 e. The molecule has 18 heavy (non-hydrogen) atoms. The number of hydrogen-bond acceptors (Lipinski definition) is 3. The molecular weight excluding hydrogens is 237 g/mol. The lowest BCUT2D eigenvalue weighted by Crippen LogP contribution is -2.40. The quantitative estimate of drug-likeness (QED) is 0.689. The van der Waals surface area contributed by atoms with E-state index in [1.165, 1.54) is 12.1 Å². The molecule has 6 heteroatoms. The van der Waals surface area contributed by atoms with Gasteiger partial charge in [-0.2, -0.15) is 0 Å². The fourth-order valence-corrected chi connectivity index (χ4v) is 1.34. The second kappa shape index (κ2) is 6.00. The number of hydrogen-bond donors (Lipinski definition) is 3. The minimum absolute atomic E-state index is 0.0114. The monoisotopic (exact) mass is 253 g/mol. The van der Waals surface area contributed by atoms with Crippen LogP contribution in [0.4, 0.5) is 10.1 Å². The maximum absolute atomic E-state index is 13.4. The molecule has 0 aromatic heterocycles. The van der Waals surface area contributed by atoms with Gasteiger partial charge in [-0.15, -0.1) is 0 Å². The van der Waals surface area contributed by atoms with Gasteiger partial charge in [0.2, 0.25) is 5.91 Å². The maximum atomic E-state index is 13.4. The van der Waals surface area contributed by atoms with Gasteiger partial charge in [-0.3, -0.25) is 9.59 Å². The van der Waals surface area contributed by atoms with Crippen molar-refractivity contribution >= 4 is 17.5 Å². The Kier molecular flexibility index (Phi) is 4.65. The Hall–Kier alpha value is -2.11. The standard InChI is InChI=1S/C12H16FN3O2/c1-7(2)16-11(17)6-15-12(18)9-4-3-8(14)5-10(9)13/h3-5,7H,6,14H2,1-2H3,(H,15,18)(H,16,17). The summed E-state index contributed by atoms with van der Waals surface area (Å²) in [5, 5.41) is 4.94. The van der Waals surface area contributed by atoms with Gasteiger partial charge in [0.15, 0.2) is 0 Å². The van der Waals surface area contributed by atoms with Crippen molar-refractivity contribution in [2.45, 2.75) is 19.9 Å². The summed E-state index contributed by atoms with van der Waals surface area (Å²) in [5.74, 6) is -1.68. The molecule has 1 rings (SSSR count). The molecule has 98 valence electrons. The summed E-state index contributed by atoms with van der Waals surface area (Å²) < 4.78 is 13.4.